The molecular weight excluding hydrogens is 248 g/mol. The zero-order valence-corrected chi connectivity index (χ0v) is 13.1. The van der Waals surface area contributed by atoms with Crippen molar-refractivity contribution in [3.05, 3.63) is 47.2 Å². The first-order valence-electron chi connectivity index (χ1n) is 7.56. The van der Waals surface area contributed by atoms with Crippen LogP contribution in [0.1, 0.15) is 56.1 Å². The molecule has 1 fully saturated rings. The highest BCUT2D eigenvalue weighted by atomic mass is 16.5. The number of aliphatic hydroxyl groups excluding tert-OH is 1. The fourth-order valence-corrected chi connectivity index (χ4v) is 2.84. The molecule has 1 aromatic rings. The number of rotatable bonds is 4. The van der Waals surface area contributed by atoms with Gasteiger partial charge in [0.05, 0.1) is 12.9 Å². The largest absolute Gasteiger partial charge is 0.501 e. The van der Waals surface area contributed by atoms with E-state index in [4.69, 9.17) is 9.84 Å². The van der Waals surface area contributed by atoms with Crippen LogP contribution >= 0.6 is 0 Å². The lowest BCUT2D eigenvalue weighted by molar-refractivity contribution is 0.282. The molecule has 1 aliphatic carbocycles. The van der Waals surface area contributed by atoms with Crippen LogP contribution in [0.15, 0.2) is 36.1 Å². The van der Waals surface area contributed by atoms with Crippen molar-refractivity contribution in [2.45, 2.75) is 51.4 Å². The van der Waals surface area contributed by atoms with Gasteiger partial charge in [0, 0.05) is 13.5 Å². The summed E-state index contributed by atoms with van der Waals surface area (Å²) in [4.78, 5) is 0. The van der Waals surface area contributed by atoms with Crippen LogP contribution in [0.4, 0.5) is 0 Å². The SMILES string of the molecule is C/C=C(/Cc1ccc(C2CCCCC2)cc1)OC.CO. The summed E-state index contributed by atoms with van der Waals surface area (Å²) in [5.41, 5.74) is 2.86. The van der Waals surface area contributed by atoms with Crippen LogP contribution in [0.3, 0.4) is 0 Å². The Morgan fingerprint density at radius 3 is 2.25 bits per heavy atom. The normalized spacial score (nSPS) is 16.3. The quantitative estimate of drug-likeness (QED) is 0.824. The number of benzene rings is 1. The van der Waals surface area contributed by atoms with Crippen molar-refractivity contribution in [2.24, 2.45) is 0 Å². The van der Waals surface area contributed by atoms with Crippen molar-refractivity contribution < 1.29 is 9.84 Å². The summed E-state index contributed by atoms with van der Waals surface area (Å²) in [5.74, 6) is 1.84. The van der Waals surface area contributed by atoms with E-state index in [2.05, 4.69) is 24.3 Å². The fourth-order valence-electron chi connectivity index (χ4n) is 2.84. The second-order valence-electron chi connectivity index (χ2n) is 5.21. The van der Waals surface area contributed by atoms with Gasteiger partial charge in [0.25, 0.3) is 0 Å². The van der Waals surface area contributed by atoms with Gasteiger partial charge >= 0.3 is 0 Å². The zero-order chi connectivity index (χ0) is 14.8. The van der Waals surface area contributed by atoms with E-state index < -0.39 is 0 Å². The Bertz CT molecular complexity index is 386. The van der Waals surface area contributed by atoms with Crippen LogP contribution in [-0.4, -0.2) is 19.3 Å². The first-order chi connectivity index (χ1) is 9.83. The van der Waals surface area contributed by atoms with Gasteiger partial charge in [-0.15, -0.1) is 0 Å². The van der Waals surface area contributed by atoms with E-state index in [9.17, 15) is 0 Å². The minimum Gasteiger partial charge on any atom is -0.501 e. The van der Waals surface area contributed by atoms with Crippen LogP contribution in [0, 0.1) is 0 Å². The summed E-state index contributed by atoms with van der Waals surface area (Å²) in [7, 11) is 2.74. The van der Waals surface area contributed by atoms with Gasteiger partial charge in [-0.05, 0) is 42.9 Å². The molecular formula is C18H28O2. The lowest BCUT2D eigenvalue weighted by Gasteiger charge is -2.22. The highest BCUT2D eigenvalue weighted by molar-refractivity contribution is 5.27. The average molecular weight is 276 g/mol. The molecule has 112 valence electrons. The van der Waals surface area contributed by atoms with E-state index in [1.165, 1.54) is 43.2 Å². The molecule has 0 radical (unpaired) electrons. The van der Waals surface area contributed by atoms with Crippen molar-refractivity contribution >= 4 is 0 Å². The zero-order valence-electron chi connectivity index (χ0n) is 13.1. The third-order valence-corrected chi connectivity index (χ3v) is 4.02. The smallest absolute Gasteiger partial charge is 0.0956 e. The molecule has 0 amide bonds. The van der Waals surface area contributed by atoms with Gasteiger partial charge in [0.1, 0.15) is 0 Å². The summed E-state index contributed by atoms with van der Waals surface area (Å²) in [5, 5.41) is 7.00. The number of hydrogen-bond acceptors (Lipinski definition) is 2. The first kappa shape index (κ1) is 16.8. The van der Waals surface area contributed by atoms with E-state index in [1.54, 1.807) is 7.11 Å². The molecule has 1 saturated carbocycles. The molecule has 1 aliphatic rings. The molecule has 1 N–H and O–H groups in total. The van der Waals surface area contributed by atoms with E-state index in [-0.39, 0.29) is 0 Å². The number of aliphatic hydroxyl groups is 1. The van der Waals surface area contributed by atoms with Gasteiger partial charge in [0.2, 0.25) is 0 Å². The summed E-state index contributed by atoms with van der Waals surface area (Å²) >= 11 is 0. The summed E-state index contributed by atoms with van der Waals surface area (Å²) in [6.07, 6.45) is 9.91. The van der Waals surface area contributed by atoms with Crippen molar-refractivity contribution in [3.8, 4) is 0 Å². The van der Waals surface area contributed by atoms with Gasteiger partial charge in [0.15, 0.2) is 0 Å². The molecule has 0 unspecified atom stereocenters. The fraction of sp³-hybridized carbons (Fsp3) is 0.556. The van der Waals surface area contributed by atoms with Gasteiger partial charge in [-0.3, -0.25) is 0 Å². The van der Waals surface area contributed by atoms with Gasteiger partial charge in [-0.1, -0.05) is 43.5 Å². The van der Waals surface area contributed by atoms with Crippen LogP contribution in [-0.2, 0) is 11.2 Å². The monoisotopic (exact) mass is 276 g/mol. The molecule has 1 aromatic carbocycles. The highest BCUT2D eigenvalue weighted by Gasteiger charge is 2.15. The number of ether oxygens (including phenoxy) is 1. The van der Waals surface area contributed by atoms with E-state index in [0.29, 0.717) is 0 Å². The Balaban J connectivity index is 0.000000956. The summed E-state index contributed by atoms with van der Waals surface area (Å²) in [6.45, 7) is 2.02. The molecule has 0 atom stereocenters. The van der Waals surface area contributed by atoms with E-state index in [0.717, 1.165) is 25.2 Å². The van der Waals surface area contributed by atoms with E-state index >= 15 is 0 Å². The maximum Gasteiger partial charge on any atom is 0.0956 e. The van der Waals surface area contributed by atoms with Crippen LogP contribution in [0.25, 0.3) is 0 Å². The lowest BCUT2D eigenvalue weighted by atomic mass is 9.84. The second-order valence-corrected chi connectivity index (χ2v) is 5.21. The Labute approximate surface area is 123 Å². The highest BCUT2D eigenvalue weighted by Crippen LogP contribution is 2.32. The van der Waals surface area contributed by atoms with Crippen molar-refractivity contribution in [3.63, 3.8) is 0 Å². The second kappa shape index (κ2) is 9.60. The standard InChI is InChI=1S/C17H24O.CH4O/c1-3-17(18-2)13-14-9-11-16(12-10-14)15-7-5-4-6-8-15;1-2/h3,9-12,15H,4-8,13H2,1-2H3;2H,1H3/b17-3-;. The van der Waals surface area contributed by atoms with Gasteiger partial charge < -0.3 is 9.84 Å². The number of hydrogen-bond donors (Lipinski definition) is 1. The lowest BCUT2D eigenvalue weighted by Crippen LogP contribution is -2.04. The number of allylic oxidation sites excluding steroid dienone is 2. The molecule has 0 aromatic heterocycles. The molecule has 2 nitrogen and oxygen atoms in total. The third kappa shape index (κ3) is 5.01. The minimum atomic E-state index is 0.802. The Kier molecular flexibility index (Phi) is 8.05. The maximum atomic E-state index is 7.00. The summed E-state index contributed by atoms with van der Waals surface area (Å²) in [6, 6.07) is 9.14. The van der Waals surface area contributed by atoms with E-state index in [1.807, 2.05) is 13.0 Å². The molecule has 0 saturated heterocycles. The molecule has 0 spiro atoms. The molecule has 0 bridgehead atoms. The van der Waals surface area contributed by atoms with Crippen LogP contribution < -0.4 is 0 Å². The molecule has 0 aliphatic heterocycles. The van der Waals surface area contributed by atoms with Crippen molar-refractivity contribution in [1.29, 1.82) is 0 Å². The van der Waals surface area contributed by atoms with Crippen molar-refractivity contribution in [1.82, 2.24) is 0 Å². The molecule has 2 rings (SSSR count). The number of methoxy groups -OCH3 is 1. The minimum absolute atomic E-state index is 0.802. The Morgan fingerprint density at radius 1 is 1.15 bits per heavy atom. The van der Waals surface area contributed by atoms with Gasteiger partial charge in [-0.25, -0.2) is 0 Å². The Morgan fingerprint density at radius 2 is 1.75 bits per heavy atom. The summed E-state index contributed by atoms with van der Waals surface area (Å²) < 4.78 is 5.31. The molecule has 20 heavy (non-hydrogen) atoms. The average Bonchev–Trinajstić information content (AvgIpc) is 2.56. The predicted molar refractivity (Wildman–Crippen MR) is 84.9 cm³/mol. The van der Waals surface area contributed by atoms with Crippen LogP contribution in [0.2, 0.25) is 0 Å². The molecule has 0 heterocycles. The molecule has 2 heteroatoms. The third-order valence-electron chi connectivity index (χ3n) is 4.02. The predicted octanol–water partition coefficient (Wildman–Crippen LogP) is 4.44. The Hall–Kier alpha value is -1.28. The van der Waals surface area contributed by atoms with Crippen LogP contribution in [0.5, 0.6) is 0 Å². The topological polar surface area (TPSA) is 29.5 Å². The maximum absolute atomic E-state index is 7.00. The van der Waals surface area contributed by atoms with Gasteiger partial charge in [-0.2, -0.15) is 0 Å². The first-order valence-corrected chi connectivity index (χ1v) is 7.56. The van der Waals surface area contributed by atoms with Crippen molar-refractivity contribution in [2.75, 3.05) is 14.2 Å².